The van der Waals surface area contributed by atoms with E-state index in [1.54, 1.807) is 13.8 Å². The second-order valence-electron chi connectivity index (χ2n) is 4.18. The summed E-state index contributed by atoms with van der Waals surface area (Å²) in [6.45, 7) is 3.38. The summed E-state index contributed by atoms with van der Waals surface area (Å²) in [6, 6.07) is 2.81. The number of carbonyl (C=O) groups is 3. The average molecular weight is 313 g/mol. The molecule has 0 aliphatic carbocycles. The van der Waals surface area contributed by atoms with Gasteiger partial charge in [-0.15, -0.1) is 0 Å². The Labute approximate surface area is 127 Å². The zero-order valence-corrected chi connectivity index (χ0v) is 12.8. The van der Waals surface area contributed by atoms with Gasteiger partial charge in [0.15, 0.2) is 0 Å². The maximum absolute atomic E-state index is 11.6. The smallest absolute Gasteiger partial charge is 0.338 e. The number of rotatable bonds is 5. The third kappa shape index (κ3) is 4.46. The fourth-order valence-electron chi connectivity index (χ4n) is 1.52. The number of benzene rings is 1. The number of hydrogen-bond acceptors (Lipinski definition) is 4. The van der Waals surface area contributed by atoms with E-state index in [-0.39, 0.29) is 46.6 Å². The van der Waals surface area contributed by atoms with Crippen molar-refractivity contribution in [3.63, 3.8) is 0 Å². The number of nitrogens with one attached hydrogen (secondary N) is 2. The lowest BCUT2D eigenvalue weighted by Gasteiger charge is -2.13. The molecule has 0 bridgehead atoms. The Morgan fingerprint density at radius 2 is 1.48 bits per heavy atom. The molecule has 0 aromatic heterocycles. The minimum Gasteiger partial charge on any atom is -0.465 e. The molecule has 0 aliphatic rings. The van der Waals surface area contributed by atoms with Crippen molar-refractivity contribution in [1.82, 2.24) is 0 Å². The number of esters is 1. The van der Waals surface area contributed by atoms with Gasteiger partial charge in [-0.1, -0.05) is 25.4 Å². The largest absolute Gasteiger partial charge is 0.465 e. The molecule has 114 valence electrons. The zero-order chi connectivity index (χ0) is 16.0. The Balaban J connectivity index is 3.27. The van der Waals surface area contributed by atoms with E-state index in [1.165, 1.54) is 19.2 Å². The second-order valence-corrected chi connectivity index (χ2v) is 4.56. The predicted octanol–water partition coefficient (Wildman–Crippen LogP) is 2.82. The van der Waals surface area contributed by atoms with Crippen molar-refractivity contribution in [2.45, 2.75) is 26.7 Å². The van der Waals surface area contributed by atoms with Crippen LogP contribution in [0.1, 0.15) is 37.0 Å². The highest BCUT2D eigenvalue weighted by atomic mass is 35.5. The average Bonchev–Trinajstić information content (AvgIpc) is 2.49. The predicted molar refractivity (Wildman–Crippen MR) is 80.6 cm³/mol. The molecule has 2 N–H and O–H groups in total. The maximum Gasteiger partial charge on any atom is 0.338 e. The molecule has 21 heavy (non-hydrogen) atoms. The molecule has 0 aliphatic heterocycles. The molecule has 1 rings (SSSR count). The highest BCUT2D eigenvalue weighted by Crippen LogP contribution is 2.32. The van der Waals surface area contributed by atoms with Crippen LogP contribution in [0, 0.1) is 0 Å². The molecular formula is C14H17ClN2O4. The van der Waals surface area contributed by atoms with Crippen LogP contribution in [0.25, 0.3) is 0 Å². The van der Waals surface area contributed by atoms with Gasteiger partial charge in [0.05, 0.1) is 29.1 Å². The monoisotopic (exact) mass is 312 g/mol. The van der Waals surface area contributed by atoms with Crippen molar-refractivity contribution < 1.29 is 19.1 Å². The lowest BCUT2D eigenvalue weighted by Crippen LogP contribution is -2.15. The van der Waals surface area contributed by atoms with E-state index in [1.807, 2.05) is 0 Å². The van der Waals surface area contributed by atoms with Gasteiger partial charge >= 0.3 is 5.97 Å². The van der Waals surface area contributed by atoms with Crippen molar-refractivity contribution in [2.24, 2.45) is 0 Å². The summed E-state index contributed by atoms with van der Waals surface area (Å²) in [4.78, 5) is 34.7. The fourth-order valence-corrected chi connectivity index (χ4v) is 1.72. The number of ether oxygens (including phenoxy) is 1. The van der Waals surface area contributed by atoms with Gasteiger partial charge in [-0.2, -0.15) is 0 Å². The highest BCUT2D eigenvalue weighted by Gasteiger charge is 2.16. The first-order valence-electron chi connectivity index (χ1n) is 6.44. The number of carbonyl (C=O) groups excluding carboxylic acids is 3. The van der Waals surface area contributed by atoms with E-state index >= 15 is 0 Å². The maximum atomic E-state index is 11.6. The number of anilines is 2. The van der Waals surface area contributed by atoms with Crippen molar-refractivity contribution in [2.75, 3.05) is 17.7 Å². The molecule has 0 atom stereocenters. The number of halogens is 1. The minimum absolute atomic E-state index is 0.159. The first-order chi connectivity index (χ1) is 9.92. The SMILES string of the molecule is CCC(=O)Nc1cc(C(=O)OC)cc(NC(=O)CC)c1Cl. The summed E-state index contributed by atoms with van der Waals surface area (Å²) in [7, 11) is 1.24. The van der Waals surface area contributed by atoms with Crippen molar-refractivity contribution in [3.05, 3.63) is 22.7 Å². The second kappa shape index (κ2) is 7.64. The number of methoxy groups -OCH3 is 1. The third-order valence-corrected chi connectivity index (χ3v) is 3.09. The molecule has 0 fully saturated rings. The molecule has 0 radical (unpaired) electrons. The van der Waals surface area contributed by atoms with Gasteiger partial charge in [-0.3, -0.25) is 9.59 Å². The van der Waals surface area contributed by atoms with Crippen LogP contribution in [0.2, 0.25) is 5.02 Å². The number of amides is 2. The Morgan fingerprint density at radius 3 is 1.81 bits per heavy atom. The highest BCUT2D eigenvalue weighted by molar-refractivity contribution is 6.37. The van der Waals surface area contributed by atoms with Crippen LogP contribution in [0.3, 0.4) is 0 Å². The van der Waals surface area contributed by atoms with E-state index in [4.69, 9.17) is 11.6 Å². The van der Waals surface area contributed by atoms with Crippen molar-refractivity contribution in [1.29, 1.82) is 0 Å². The Hall–Kier alpha value is -2.08. The molecule has 6 nitrogen and oxygen atoms in total. The van der Waals surface area contributed by atoms with Crippen molar-refractivity contribution >= 4 is 40.8 Å². The van der Waals surface area contributed by atoms with E-state index < -0.39 is 5.97 Å². The van der Waals surface area contributed by atoms with E-state index in [0.29, 0.717) is 0 Å². The first-order valence-corrected chi connectivity index (χ1v) is 6.82. The molecule has 2 amide bonds. The van der Waals surface area contributed by atoms with Gasteiger partial charge in [0.25, 0.3) is 0 Å². The molecule has 0 spiro atoms. The Kier molecular flexibility index (Phi) is 6.17. The molecule has 7 heteroatoms. The van der Waals surface area contributed by atoms with Gasteiger partial charge in [-0.05, 0) is 12.1 Å². The Morgan fingerprint density at radius 1 is 1.05 bits per heavy atom. The topological polar surface area (TPSA) is 84.5 Å². The van der Waals surface area contributed by atoms with Gasteiger partial charge in [-0.25, -0.2) is 4.79 Å². The van der Waals surface area contributed by atoms with Crippen LogP contribution in [-0.4, -0.2) is 24.9 Å². The van der Waals surface area contributed by atoms with Crippen LogP contribution >= 0.6 is 11.6 Å². The zero-order valence-electron chi connectivity index (χ0n) is 12.1. The van der Waals surface area contributed by atoms with Crippen LogP contribution in [-0.2, 0) is 14.3 Å². The summed E-state index contributed by atoms with van der Waals surface area (Å²) in [5.74, 6) is -1.11. The normalized spacial score (nSPS) is 9.90. The van der Waals surface area contributed by atoms with Crippen LogP contribution in [0.15, 0.2) is 12.1 Å². The summed E-state index contributed by atoms with van der Waals surface area (Å²) < 4.78 is 4.64. The molecular weight excluding hydrogens is 296 g/mol. The molecule has 0 heterocycles. The minimum atomic E-state index is -0.592. The standard InChI is InChI=1S/C14H17ClN2O4/c1-4-11(18)16-9-6-8(14(20)21-3)7-10(13(9)15)17-12(19)5-2/h6-7H,4-5H2,1-3H3,(H,16,18)(H,17,19). The summed E-state index contributed by atoms with van der Waals surface area (Å²) in [5.41, 5.74) is 0.676. The first kappa shape index (κ1) is 17.0. The van der Waals surface area contributed by atoms with Crippen molar-refractivity contribution in [3.8, 4) is 0 Å². The molecule has 0 saturated carbocycles. The molecule has 1 aromatic rings. The quantitative estimate of drug-likeness (QED) is 0.819. The molecule has 0 unspecified atom stereocenters. The summed E-state index contributed by atoms with van der Waals surface area (Å²) >= 11 is 6.15. The van der Waals surface area contributed by atoms with Crippen LogP contribution < -0.4 is 10.6 Å². The molecule has 0 saturated heterocycles. The number of hydrogen-bond donors (Lipinski definition) is 2. The van der Waals surface area contributed by atoms with E-state index in [9.17, 15) is 14.4 Å². The Bertz CT molecular complexity index is 533. The molecule has 1 aromatic carbocycles. The third-order valence-electron chi connectivity index (χ3n) is 2.68. The van der Waals surface area contributed by atoms with E-state index in [0.717, 1.165) is 0 Å². The van der Waals surface area contributed by atoms with E-state index in [2.05, 4.69) is 15.4 Å². The fraction of sp³-hybridized carbons (Fsp3) is 0.357. The van der Waals surface area contributed by atoms with Gasteiger partial charge < -0.3 is 15.4 Å². The summed E-state index contributed by atoms with van der Waals surface area (Å²) in [5, 5.41) is 5.32. The van der Waals surface area contributed by atoms with Crippen LogP contribution in [0.4, 0.5) is 11.4 Å². The van der Waals surface area contributed by atoms with Gasteiger partial charge in [0.2, 0.25) is 11.8 Å². The van der Waals surface area contributed by atoms with Gasteiger partial charge in [0, 0.05) is 12.8 Å². The van der Waals surface area contributed by atoms with Gasteiger partial charge in [0.1, 0.15) is 0 Å². The lowest BCUT2D eigenvalue weighted by atomic mass is 10.1. The van der Waals surface area contributed by atoms with Crippen LogP contribution in [0.5, 0.6) is 0 Å². The summed E-state index contributed by atoms with van der Waals surface area (Å²) in [6.07, 6.45) is 0.519. The lowest BCUT2D eigenvalue weighted by molar-refractivity contribution is -0.116.